The van der Waals surface area contributed by atoms with Crippen LogP contribution < -0.4 is 0 Å². The van der Waals surface area contributed by atoms with Gasteiger partial charge in [-0.1, -0.05) is 30.3 Å². The number of hydrogen-bond donors (Lipinski definition) is 0. The Kier molecular flexibility index (Phi) is 3.55. The number of benzene rings is 1. The monoisotopic (exact) mass is 192 g/mol. The van der Waals surface area contributed by atoms with Crippen LogP contribution in [0.5, 0.6) is 0 Å². The molecule has 2 rings (SSSR count). The zero-order valence-electron chi connectivity index (χ0n) is 8.32. The van der Waals surface area contributed by atoms with Crippen LogP contribution in [0.1, 0.15) is 18.4 Å². The smallest absolute Gasteiger partial charge is 0.157 e. The minimum Gasteiger partial charge on any atom is -0.353 e. The van der Waals surface area contributed by atoms with Crippen molar-refractivity contribution in [1.29, 1.82) is 0 Å². The molecule has 0 spiro atoms. The van der Waals surface area contributed by atoms with Crippen LogP contribution in [0.4, 0.5) is 0 Å². The molecular formula is C12H16O2. The van der Waals surface area contributed by atoms with E-state index in [1.165, 1.54) is 5.56 Å². The lowest BCUT2D eigenvalue weighted by Crippen LogP contribution is -2.12. The van der Waals surface area contributed by atoms with Crippen LogP contribution in [0.15, 0.2) is 30.3 Å². The Morgan fingerprint density at radius 1 is 1.29 bits per heavy atom. The van der Waals surface area contributed by atoms with Crippen LogP contribution in [0.3, 0.4) is 0 Å². The fraction of sp³-hybridized carbons (Fsp3) is 0.500. The molecule has 0 amide bonds. The minimum atomic E-state index is 0.0544. The normalized spacial score (nSPS) is 21.3. The highest BCUT2D eigenvalue weighted by atomic mass is 16.7. The molecule has 0 saturated carbocycles. The summed E-state index contributed by atoms with van der Waals surface area (Å²) in [5.74, 6) is 0. The van der Waals surface area contributed by atoms with Gasteiger partial charge in [-0.3, -0.25) is 0 Å². The van der Waals surface area contributed by atoms with Crippen molar-refractivity contribution < 1.29 is 9.47 Å². The van der Waals surface area contributed by atoms with Gasteiger partial charge in [0.2, 0.25) is 0 Å². The van der Waals surface area contributed by atoms with E-state index in [2.05, 4.69) is 24.3 Å². The average molecular weight is 192 g/mol. The summed E-state index contributed by atoms with van der Waals surface area (Å²) in [7, 11) is 0. The molecule has 1 heterocycles. The first kappa shape index (κ1) is 9.69. The Morgan fingerprint density at radius 2 is 2.14 bits per heavy atom. The van der Waals surface area contributed by atoms with E-state index in [9.17, 15) is 0 Å². The lowest BCUT2D eigenvalue weighted by molar-refractivity contribution is -0.109. The molecule has 0 unspecified atom stereocenters. The molecule has 1 atom stereocenters. The fourth-order valence-corrected chi connectivity index (χ4v) is 1.63. The van der Waals surface area contributed by atoms with E-state index in [0.29, 0.717) is 0 Å². The molecule has 2 nitrogen and oxygen atoms in total. The molecule has 0 bridgehead atoms. The van der Waals surface area contributed by atoms with Gasteiger partial charge in [-0.25, -0.2) is 0 Å². The Hall–Kier alpha value is -0.860. The summed E-state index contributed by atoms with van der Waals surface area (Å²) in [6, 6.07) is 10.4. The summed E-state index contributed by atoms with van der Waals surface area (Å²) in [6.07, 6.45) is 3.21. The standard InChI is InChI=1S/C12H16O2/c1-2-5-11(6-3-1)8-10-14-12-7-4-9-13-12/h1-3,5-6,12H,4,7-10H2/t12-/m0/s1. The second kappa shape index (κ2) is 5.13. The number of rotatable bonds is 4. The van der Waals surface area contributed by atoms with Gasteiger partial charge in [0.1, 0.15) is 0 Å². The molecule has 1 aromatic rings. The fourth-order valence-electron chi connectivity index (χ4n) is 1.63. The summed E-state index contributed by atoms with van der Waals surface area (Å²) in [6.45, 7) is 1.62. The van der Waals surface area contributed by atoms with Crippen molar-refractivity contribution in [3.05, 3.63) is 35.9 Å². The highest BCUT2D eigenvalue weighted by Gasteiger charge is 2.14. The molecule has 0 aromatic heterocycles. The Labute approximate surface area is 84.8 Å². The molecule has 1 saturated heterocycles. The largest absolute Gasteiger partial charge is 0.353 e. The van der Waals surface area contributed by atoms with Crippen LogP contribution in [0, 0.1) is 0 Å². The van der Waals surface area contributed by atoms with Crippen molar-refractivity contribution in [3.8, 4) is 0 Å². The third-order valence-corrected chi connectivity index (χ3v) is 2.43. The zero-order valence-corrected chi connectivity index (χ0v) is 8.32. The number of ether oxygens (including phenoxy) is 2. The predicted octanol–water partition coefficient (Wildman–Crippen LogP) is 2.38. The van der Waals surface area contributed by atoms with Crippen LogP contribution in [0.2, 0.25) is 0 Å². The average Bonchev–Trinajstić information content (AvgIpc) is 2.72. The van der Waals surface area contributed by atoms with Crippen molar-refractivity contribution >= 4 is 0 Å². The van der Waals surface area contributed by atoms with E-state index in [0.717, 1.165) is 32.5 Å². The lowest BCUT2D eigenvalue weighted by atomic mass is 10.2. The van der Waals surface area contributed by atoms with Crippen molar-refractivity contribution in [2.24, 2.45) is 0 Å². The highest BCUT2D eigenvalue weighted by Crippen LogP contribution is 2.13. The zero-order chi connectivity index (χ0) is 9.64. The van der Waals surface area contributed by atoms with Gasteiger partial charge in [0.05, 0.1) is 6.61 Å². The van der Waals surface area contributed by atoms with E-state index >= 15 is 0 Å². The van der Waals surface area contributed by atoms with Crippen molar-refractivity contribution in [3.63, 3.8) is 0 Å². The third-order valence-electron chi connectivity index (χ3n) is 2.43. The molecular weight excluding hydrogens is 176 g/mol. The molecule has 0 aliphatic carbocycles. The Morgan fingerprint density at radius 3 is 2.86 bits per heavy atom. The van der Waals surface area contributed by atoms with E-state index in [1.807, 2.05) is 6.07 Å². The highest BCUT2D eigenvalue weighted by molar-refractivity contribution is 5.14. The van der Waals surface area contributed by atoms with Gasteiger partial charge in [0.25, 0.3) is 0 Å². The van der Waals surface area contributed by atoms with Crippen molar-refractivity contribution in [2.45, 2.75) is 25.6 Å². The second-order valence-corrected chi connectivity index (χ2v) is 3.55. The van der Waals surface area contributed by atoms with E-state index in [1.54, 1.807) is 0 Å². The predicted molar refractivity (Wildman–Crippen MR) is 55.1 cm³/mol. The summed E-state index contributed by atoms with van der Waals surface area (Å²) in [5.41, 5.74) is 1.32. The molecule has 14 heavy (non-hydrogen) atoms. The van der Waals surface area contributed by atoms with Gasteiger partial charge in [-0.2, -0.15) is 0 Å². The van der Waals surface area contributed by atoms with E-state index < -0.39 is 0 Å². The molecule has 76 valence electrons. The maximum atomic E-state index is 5.58. The van der Waals surface area contributed by atoms with Crippen LogP contribution >= 0.6 is 0 Å². The topological polar surface area (TPSA) is 18.5 Å². The first-order chi connectivity index (χ1) is 6.95. The molecule has 1 aliphatic rings. The maximum Gasteiger partial charge on any atom is 0.157 e. The molecule has 0 N–H and O–H groups in total. The van der Waals surface area contributed by atoms with Crippen molar-refractivity contribution in [2.75, 3.05) is 13.2 Å². The van der Waals surface area contributed by atoms with Gasteiger partial charge in [0.15, 0.2) is 6.29 Å². The maximum absolute atomic E-state index is 5.58. The molecule has 2 heteroatoms. The third kappa shape index (κ3) is 2.82. The van der Waals surface area contributed by atoms with Gasteiger partial charge in [-0.15, -0.1) is 0 Å². The van der Waals surface area contributed by atoms with E-state index in [4.69, 9.17) is 9.47 Å². The first-order valence-corrected chi connectivity index (χ1v) is 5.22. The SMILES string of the molecule is c1ccc(CCO[C@H]2CCCO2)cc1. The summed E-state index contributed by atoms with van der Waals surface area (Å²) >= 11 is 0. The first-order valence-electron chi connectivity index (χ1n) is 5.22. The van der Waals surface area contributed by atoms with Gasteiger partial charge in [0, 0.05) is 13.0 Å². The van der Waals surface area contributed by atoms with E-state index in [-0.39, 0.29) is 6.29 Å². The van der Waals surface area contributed by atoms with Crippen LogP contribution in [-0.4, -0.2) is 19.5 Å². The van der Waals surface area contributed by atoms with Gasteiger partial charge >= 0.3 is 0 Å². The quantitative estimate of drug-likeness (QED) is 0.729. The summed E-state index contributed by atoms with van der Waals surface area (Å²) in [5, 5.41) is 0. The van der Waals surface area contributed by atoms with Crippen LogP contribution in [0.25, 0.3) is 0 Å². The molecule has 1 aromatic carbocycles. The minimum absolute atomic E-state index is 0.0544. The Bertz CT molecular complexity index is 252. The van der Waals surface area contributed by atoms with Gasteiger partial charge in [-0.05, 0) is 18.4 Å². The molecule has 1 aliphatic heterocycles. The van der Waals surface area contributed by atoms with Gasteiger partial charge < -0.3 is 9.47 Å². The second-order valence-electron chi connectivity index (χ2n) is 3.55. The lowest BCUT2D eigenvalue weighted by Gasteiger charge is -2.10. The Balaban J connectivity index is 1.67. The van der Waals surface area contributed by atoms with Crippen molar-refractivity contribution in [1.82, 2.24) is 0 Å². The molecule has 0 radical (unpaired) electrons. The molecule has 1 fully saturated rings. The summed E-state index contributed by atoms with van der Waals surface area (Å²) in [4.78, 5) is 0. The van der Waals surface area contributed by atoms with Crippen LogP contribution in [-0.2, 0) is 15.9 Å². The summed E-state index contributed by atoms with van der Waals surface area (Å²) < 4.78 is 11.0. The number of hydrogen-bond acceptors (Lipinski definition) is 2.